The summed E-state index contributed by atoms with van der Waals surface area (Å²) < 4.78 is 0. The molecule has 3 heteroatoms. The Morgan fingerprint density at radius 3 is 1.80 bits per heavy atom. The van der Waals surface area contributed by atoms with E-state index in [4.69, 9.17) is 0 Å². The van der Waals surface area contributed by atoms with E-state index in [9.17, 15) is 0 Å². The minimum atomic E-state index is -0.191. The van der Waals surface area contributed by atoms with E-state index in [0.717, 1.165) is 12.8 Å². The molecule has 0 N–H and O–H groups in total. The quantitative estimate of drug-likeness (QED) is 0.167. The summed E-state index contributed by atoms with van der Waals surface area (Å²) >= 11 is 0. The van der Waals surface area contributed by atoms with Crippen molar-refractivity contribution in [1.82, 2.24) is 0 Å². The number of fused-ring (bicyclic) bond motifs is 3. The number of aryl methyl sites for hydroxylation is 1. The maximum absolute atomic E-state index is 2.58. The summed E-state index contributed by atoms with van der Waals surface area (Å²) in [6, 6.07) is 56.2. The summed E-state index contributed by atoms with van der Waals surface area (Å²) in [5.41, 5.74) is 19.7. The summed E-state index contributed by atoms with van der Waals surface area (Å²) in [4.78, 5) is 5.14. The third-order valence-corrected chi connectivity index (χ3v) is 11.3. The van der Waals surface area contributed by atoms with Crippen molar-refractivity contribution in [2.24, 2.45) is 0 Å². The number of allylic oxidation sites excluding steroid dienone is 2. The number of hydrogen-bond acceptors (Lipinski definition) is 2. The Labute approximate surface area is 297 Å². The molecule has 0 fully saturated rings. The first-order valence-corrected chi connectivity index (χ1v) is 18.1. The average molecular weight is 645 g/mol. The van der Waals surface area contributed by atoms with Crippen LogP contribution >= 0.6 is 0 Å². The van der Waals surface area contributed by atoms with Crippen LogP contribution < -0.4 is 15.3 Å². The van der Waals surface area contributed by atoms with Crippen LogP contribution in [-0.2, 0) is 11.8 Å². The van der Waals surface area contributed by atoms with E-state index in [2.05, 4.69) is 189 Å². The van der Waals surface area contributed by atoms with Crippen molar-refractivity contribution in [2.45, 2.75) is 46.0 Å². The second-order valence-corrected chi connectivity index (χ2v) is 14.2. The summed E-state index contributed by atoms with van der Waals surface area (Å²) in [5.74, 6) is 0. The molecule has 0 amide bonds. The van der Waals surface area contributed by atoms with Crippen molar-refractivity contribution >= 4 is 46.1 Å². The van der Waals surface area contributed by atoms with Crippen LogP contribution in [0.1, 0.15) is 56.4 Å². The molecule has 2 aliphatic heterocycles. The van der Waals surface area contributed by atoms with Gasteiger partial charge in [0.1, 0.15) is 0 Å². The molecule has 0 bridgehead atoms. The average Bonchev–Trinajstić information content (AvgIpc) is 3.41. The van der Waals surface area contributed by atoms with Crippen molar-refractivity contribution in [1.29, 1.82) is 0 Å². The Balaban J connectivity index is 1.39. The molecule has 0 saturated heterocycles. The molecule has 0 saturated carbocycles. The van der Waals surface area contributed by atoms with Gasteiger partial charge in [-0.3, -0.25) is 0 Å². The molecule has 0 radical (unpaired) electrons. The first-order valence-electron chi connectivity index (χ1n) is 18.1. The molecule has 6 aromatic rings. The Hall–Kier alpha value is -5.54. The van der Waals surface area contributed by atoms with Crippen LogP contribution in [0.15, 0.2) is 163 Å². The predicted molar refractivity (Wildman–Crippen MR) is 214 cm³/mol. The van der Waals surface area contributed by atoms with Crippen LogP contribution in [0.4, 0.5) is 22.7 Å². The van der Waals surface area contributed by atoms with E-state index >= 15 is 0 Å². The molecule has 50 heavy (non-hydrogen) atoms. The van der Waals surface area contributed by atoms with Crippen LogP contribution in [0.3, 0.4) is 0 Å². The molecule has 3 aliphatic rings. The van der Waals surface area contributed by atoms with E-state index in [1.807, 2.05) is 0 Å². The molecule has 0 unspecified atom stereocenters. The largest absolute Gasteiger partial charge is 0.315 e. The number of rotatable bonds is 6. The molecule has 2 nitrogen and oxygen atoms in total. The molecular weight excluding hydrogens is 603 g/mol. The molecule has 1 aliphatic carbocycles. The number of para-hydroxylation sites is 1. The fraction of sp³-hybridized carbons (Fsp3) is 0.149. The van der Waals surface area contributed by atoms with Gasteiger partial charge in [0.15, 0.2) is 0 Å². The van der Waals surface area contributed by atoms with Gasteiger partial charge in [-0.15, -0.1) is 0 Å². The molecular formula is C47H41BN2. The third-order valence-electron chi connectivity index (χ3n) is 11.3. The Kier molecular flexibility index (Phi) is 7.21. The van der Waals surface area contributed by atoms with Crippen LogP contribution in [0.25, 0.3) is 22.3 Å². The van der Waals surface area contributed by atoms with Crippen LogP contribution in [0.5, 0.6) is 0 Å². The van der Waals surface area contributed by atoms with Gasteiger partial charge in [0.05, 0.1) is 0 Å². The van der Waals surface area contributed by atoms with Gasteiger partial charge in [0.2, 0.25) is 6.71 Å². The molecule has 6 aromatic carbocycles. The number of nitrogens with zero attached hydrogens (tertiary/aromatic N) is 2. The van der Waals surface area contributed by atoms with Gasteiger partial charge in [-0.1, -0.05) is 148 Å². The zero-order valence-corrected chi connectivity index (χ0v) is 29.3. The van der Waals surface area contributed by atoms with Gasteiger partial charge in [-0.05, 0) is 88.0 Å². The van der Waals surface area contributed by atoms with E-state index < -0.39 is 0 Å². The summed E-state index contributed by atoms with van der Waals surface area (Å²) in [6.07, 6.45) is 1.90. The highest BCUT2D eigenvalue weighted by atomic mass is 15.2. The van der Waals surface area contributed by atoms with Gasteiger partial charge in [0.25, 0.3) is 0 Å². The molecule has 0 aromatic heterocycles. The van der Waals surface area contributed by atoms with Gasteiger partial charge < -0.3 is 9.80 Å². The van der Waals surface area contributed by atoms with Crippen LogP contribution in [0.2, 0.25) is 0 Å². The highest BCUT2D eigenvalue weighted by Crippen LogP contribution is 2.57. The van der Waals surface area contributed by atoms with Crippen molar-refractivity contribution < 1.29 is 0 Å². The van der Waals surface area contributed by atoms with Gasteiger partial charge in [-0.2, -0.15) is 0 Å². The first-order chi connectivity index (χ1) is 24.5. The number of anilines is 4. The predicted octanol–water partition coefficient (Wildman–Crippen LogP) is 11.5. The normalized spacial score (nSPS) is 15.6. The summed E-state index contributed by atoms with van der Waals surface area (Å²) in [7, 11) is 0. The fourth-order valence-corrected chi connectivity index (χ4v) is 9.10. The van der Waals surface area contributed by atoms with Gasteiger partial charge >= 0.3 is 0 Å². The van der Waals surface area contributed by atoms with Crippen molar-refractivity contribution in [3.63, 3.8) is 0 Å². The lowest BCUT2D eigenvalue weighted by Gasteiger charge is -2.47. The lowest BCUT2D eigenvalue weighted by Crippen LogP contribution is -2.52. The standard InChI is InChI=1S/C47H41BN2/c1-5-32-18-13-14-23-37(32)43-40(6-2)49(35-21-11-8-12-22-35)41-26-17-27-42-44(41)48(43)46-45(38-24-15-16-25-39(38)47(46,3)4)50(42)36-30-28-34(29-31-36)33-19-9-7-10-20-33/h7-31H,5-6H2,1-4H3. The van der Waals surface area contributed by atoms with E-state index in [0.29, 0.717) is 0 Å². The maximum Gasteiger partial charge on any atom is 0.249 e. The summed E-state index contributed by atoms with van der Waals surface area (Å²) in [5, 5.41) is 0. The first kappa shape index (κ1) is 30.5. The highest BCUT2D eigenvalue weighted by Gasteiger charge is 2.53. The lowest BCUT2D eigenvalue weighted by molar-refractivity contribution is 0.666. The fourth-order valence-electron chi connectivity index (χ4n) is 9.10. The van der Waals surface area contributed by atoms with Crippen molar-refractivity contribution in [2.75, 3.05) is 9.80 Å². The van der Waals surface area contributed by atoms with Gasteiger partial charge in [0, 0.05) is 45.1 Å². The Morgan fingerprint density at radius 2 is 1.10 bits per heavy atom. The maximum atomic E-state index is 2.58. The van der Waals surface area contributed by atoms with Crippen LogP contribution in [0, 0.1) is 0 Å². The van der Waals surface area contributed by atoms with E-state index in [1.54, 1.807) is 0 Å². The highest BCUT2D eigenvalue weighted by molar-refractivity contribution is 6.99. The van der Waals surface area contributed by atoms with E-state index in [1.165, 1.54) is 83.9 Å². The molecule has 2 heterocycles. The monoisotopic (exact) mass is 644 g/mol. The van der Waals surface area contributed by atoms with Crippen molar-refractivity contribution in [3.05, 3.63) is 185 Å². The van der Waals surface area contributed by atoms with Crippen molar-refractivity contribution in [3.8, 4) is 11.1 Å². The zero-order chi connectivity index (χ0) is 34.0. The van der Waals surface area contributed by atoms with Crippen LogP contribution in [-0.4, -0.2) is 6.71 Å². The lowest BCUT2D eigenvalue weighted by atomic mass is 9.29. The SMILES string of the molecule is CCC1=C(c2ccccc2CC)B2C3=C(c4ccccc4C3(C)C)N(c3ccc(-c4ccccc4)cc3)c3cccc(c32)N1c1ccccc1. The zero-order valence-electron chi connectivity index (χ0n) is 29.3. The minimum Gasteiger partial charge on any atom is -0.315 e. The molecule has 0 spiro atoms. The second kappa shape index (κ2) is 11.8. The molecule has 242 valence electrons. The minimum absolute atomic E-state index is 0.0982. The topological polar surface area (TPSA) is 6.48 Å². The number of hydrogen-bond donors (Lipinski definition) is 0. The van der Waals surface area contributed by atoms with E-state index in [-0.39, 0.29) is 12.1 Å². The second-order valence-electron chi connectivity index (χ2n) is 14.2. The van der Waals surface area contributed by atoms with Gasteiger partial charge in [-0.25, -0.2) is 0 Å². The Bertz CT molecular complexity index is 2320. The molecule has 9 rings (SSSR count). The molecule has 0 atom stereocenters. The third kappa shape index (κ3) is 4.42. The number of benzene rings is 6. The Morgan fingerprint density at radius 1 is 0.520 bits per heavy atom. The summed E-state index contributed by atoms with van der Waals surface area (Å²) in [6.45, 7) is 9.64. The smallest absolute Gasteiger partial charge is 0.249 e.